The van der Waals surface area contributed by atoms with Crippen LogP contribution in [0.4, 0.5) is 0 Å². The van der Waals surface area contributed by atoms with Crippen LogP contribution in [0, 0.1) is 0 Å². The molecule has 0 spiro atoms. The van der Waals surface area contributed by atoms with Crippen molar-refractivity contribution in [2.45, 2.75) is 13.3 Å². The van der Waals surface area contributed by atoms with E-state index in [9.17, 15) is 14.4 Å². The van der Waals surface area contributed by atoms with Crippen molar-refractivity contribution < 1.29 is 19.5 Å². The molecule has 1 saturated heterocycles. The Kier molecular flexibility index (Phi) is 5.57. The summed E-state index contributed by atoms with van der Waals surface area (Å²) in [4.78, 5) is 36.6. The van der Waals surface area contributed by atoms with E-state index < -0.39 is 5.97 Å². The lowest BCUT2D eigenvalue weighted by Gasteiger charge is -2.21. The molecule has 1 heterocycles. The molecule has 7 nitrogen and oxygen atoms in total. The smallest absolute Gasteiger partial charge is 0.317 e. The van der Waals surface area contributed by atoms with Crippen molar-refractivity contribution in [1.29, 1.82) is 0 Å². The number of rotatable bonds is 4. The second-order valence-corrected chi connectivity index (χ2v) is 4.31. The van der Waals surface area contributed by atoms with Gasteiger partial charge in [0, 0.05) is 33.1 Å². The van der Waals surface area contributed by atoms with Gasteiger partial charge >= 0.3 is 5.97 Å². The second-order valence-electron chi connectivity index (χ2n) is 4.31. The Balaban J connectivity index is 2.38. The van der Waals surface area contributed by atoms with Crippen LogP contribution in [-0.4, -0.2) is 72.0 Å². The molecular formula is C11H19N3O4. The third-order valence-electron chi connectivity index (χ3n) is 2.79. The van der Waals surface area contributed by atoms with E-state index in [0.29, 0.717) is 26.2 Å². The first kappa shape index (κ1) is 14.4. The number of hydrogen-bond donors (Lipinski definition) is 2. The highest BCUT2D eigenvalue weighted by molar-refractivity contribution is 5.83. The minimum absolute atomic E-state index is 0.00767. The number of aliphatic carboxylic acids is 1. The fourth-order valence-corrected chi connectivity index (χ4v) is 1.88. The summed E-state index contributed by atoms with van der Waals surface area (Å²) in [5, 5.41) is 11.2. The Morgan fingerprint density at radius 3 is 2.50 bits per heavy atom. The van der Waals surface area contributed by atoms with Gasteiger partial charge in [-0.3, -0.25) is 19.3 Å². The highest BCUT2D eigenvalue weighted by Gasteiger charge is 2.20. The van der Waals surface area contributed by atoms with E-state index in [2.05, 4.69) is 5.32 Å². The number of nitrogens with one attached hydrogen (secondary N) is 1. The predicted octanol–water partition coefficient (Wildman–Crippen LogP) is -1.26. The molecule has 0 unspecified atom stereocenters. The molecule has 1 aliphatic heterocycles. The number of carbonyl (C=O) groups is 3. The summed E-state index contributed by atoms with van der Waals surface area (Å²) in [6.07, 6.45) is 0.749. The van der Waals surface area contributed by atoms with Gasteiger partial charge in [0.25, 0.3) is 0 Å². The van der Waals surface area contributed by atoms with Crippen LogP contribution < -0.4 is 5.32 Å². The number of carboxylic acids is 1. The zero-order chi connectivity index (χ0) is 13.5. The molecule has 102 valence electrons. The molecule has 0 saturated carbocycles. The van der Waals surface area contributed by atoms with E-state index >= 15 is 0 Å². The third-order valence-corrected chi connectivity index (χ3v) is 2.79. The quantitative estimate of drug-likeness (QED) is 0.656. The molecule has 0 bridgehead atoms. The molecule has 7 heteroatoms. The largest absolute Gasteiger partial charge is 0.480 e. The third kappa shape index (κ3) is 5.13. The van der Waals surface area contributed by atoms with Crippen molar-refractivity contribution in [2.75, 3.05) is 39.3 Å². The van der Waals surface area contributed by atoms with E-state index in [1.54, 1.807) is 4.90 Å². The maximum absolute atomic E-state index is 11.8. The summed E-state index contributed by atoms with van der Waals surface area (Å²) in [5.41, 5.74) is 0. The SMILES string of the molecule is CC(=O)NCC(=O)N1CCCN(CC(=O)O)CC1. The van der Waals surface area contributed by atoms with Gasteiger partial charge in [-0.2, -0.15) is 0 Å². The van der Waals surface area contributed by atoms with Gasteiger partial charge in [-0.05, 0) is 6.42 Å². The molecule has 2 amide bonds. The van der Waals surface area contributed by atoms with E-state index in [1.165, 1.54) is 6.92 Å². The van der Waals surface area contributed by atoms with E-state index in [0.717, 1.165) is 6.42 Å². The van der Waals surface area contributed by atoms with Crippen molar-refractivity contribution >= 4 is 17.8 Å². The van der Waals surface area contributed by atoms with Gasteiger partial charge in [-0.1, -0.05) is 0 Å². The highest BCUT2D eigenvalue weighted by Crippen LogP contribution is 2.03. The Hall–Kier alpha value is -1.63. The first-order valence-electron chi connectivity index (χ1n) is 5.95. The van der Waals surface area contributed by atoms with Crippen LogP contribution in [0.2, 0.25) is 0 Å². The maximum atomic E-state index is 11.8. The van der Waals surface area contributed by atoms with Crippen LogP contribution in [0.3, 0.4) is 0 Å². The van der Waals surface area contributed by atoms with Crippen molar-refractivity contribution in [3.05, 3.63) is 0 Å². The molecule has 2 N–H and O–H groups in total. The standard InChI is InChI=1S/C11H19N3O4/c1-9(15)12-7-10(16)14-4-2-3-13(5-6-14)8-11(17)18/h2-8H2,1H3,(H,12,15)(H,17,18). The van der Waals surface area contributed by atoms with Gasteiger partial charge in [0.05, 0.1) is 13.1 Å². The van der Waals surface area contributed by atoms with Gasteiger partial charge in [0.15, 0.2) is 0 Å². The van der Waals surface area contributed by atoms with E-state index in [1.807, 2.05) is 4.90 Å². The number of carboxylic acid groups (broad SMARTS) is 1. The lowest BCUT2D eigenvalue weighted by atomic mass is 10.3. The van der Waals surface area contributed by atoms with Crippen LogP contribution in [0.15, 0.2) is 0 Å². The molecular weight excluding hydrogens is 238 g/mol. The molecule has 0 aromatic heterocycles. The Morgan fingerprint density at radius 1 is 1.17 bits per heavy atom. The minimum Gasteiger partial charge on any atom is -0.480 e. The molecule has 1 fully saturated rings. The van der Waals surface area contributed by atoms with Gasteiger partial charge in [-0.25, -0.2) is 0 Å². The first-order valence-corrected chi connectivity index (χ1v) is 5.95. The Labute approximate surface area is 106 Å². The van der Waals surface area contributed by atoms with E-state index in [-0.39, 0.29) is 24.9 Å². The maximum Gasteiger partial charge on any atom is 0.317 e. The Morgan fingerprint density at radius 2 is 1.89 bits per heavy atom. The number of amides is 2. The molecule has 0 radical (unpaired) electrons. The lowest BCUT2D eigenvalue weighted by molar-refractivity contribution is -0.138. The summed E-state index contributed by atoms with van der Waals surface area (Å²) in [7, 11) is 0. The molecule has 0 atom stereocenters. The van der Waals surface area contributed by atoms with Crippen molar-refractivity contribution in [1.82, 2.24) is 15.1 Å². The van der Waals surface area contributed by atoms with Gasteiger partial charge in [0.1, 0.15) is 0 Å². The van der Waals surface area contributed by atoms with Gasteiger partial charge in [-0.15, -0.1) is 0 Å². The van der Waals surface area contributed by atoms with Crippen molar-refractivity contribution in [2.24, 2.45) is 0 Å². The minimum atomic E-state index is -0.854. The van der Waals surface area contributed by atoms with Crippen LogP contribution in [0.25, 0.3) is 0 Å². The zero-order valence-electron chi connectivity index (χ0n) is 10.5. The van der Waals surface area contributed by atoms with Crippen LogP contribution in [-0.2, 0) is 14.4 Å². The molecule has 0 aliphatic carbocycles. The van der Waals surface area contributed by atoms with Crippen LogP contribution >= 0.6 is 0 Å². The monoisotopic (exact) mass is 257 g/mol. The molecule has 1 rings (SSSR count). The molecule has 1 aliphatic rings. The summed E-state index contributed by atoms with van der Waals surface area (Å²) in [6, 6.07) is 0. The zero-order valence-corrected chi connectivity index (χ0v) is 10.5. The fourth-order valence-electron chi connectivity index (χ4n) is 1.88. The predicted molar refractivity (Wildman–Crippen MR) is 64.0 cm³/mol. The van der Waals surface area contributed by atoms with Crippen LogP contribution in [0.1, 0.15) is 13.3 Å². The fraction of sp³-hybridized carbons (Fsp3) is 0.727. The molecule has 18 heavy (non-hydrogen) atoms. The summed E-state index contributed by atoms with van der Waals surface area (Å²) >= 11 is 0. The normalized spacial score (nSPS) is 17.1. The van der Waals surface area contributed by atoms with E-state index in [4.69, 9.17) is 5.11 Å². The number of hydrogen-bond acceptors (Lipinski definition) is 4. The Bertz CT molecular complexity index is 332. The second kappa shape index (κ2) is 6.95. The van der Waals surface area contributed by atoms with Crippen molar-refractivity contribution in [3.8, 4) is 0 Å². The average Bonchev–Trinajstić information content (AvgIpc) is 2.50. The summed E-state index contributed by atoms with van der Waals surface area (Å²) in [6.45, 7) is 3.72. The summed E-state index contributed by atoms with van der Waals surface area (Å²) < 4.78 is 0. The van der Waals surface area contributed by atoms with Gasteiger partial charge < -0.3 is 15.3 Å². The number of carbonyl (C=O) groups excluding carboxylic acids is 2. The average molecular weight is 257 g/mol. The first-order chi connectivity index (χ1) is 8.49. The van der Waals surface area contributed by atoms with Gasteiger partial charge in [0.2, 0.25) is 11.8 Å². The molecule has 0 aromatic rings. The topological polar surface area (TPSA) is 90.0 Å². The molecule has 0 aromatic carbocycles. The lowest BCUT2D eigenvalue weighted by Crippen LogP contribution is -2.41. The number of nitrogens with zero attached hydrogens (tertiary/aromatic N) is 2. The highest BCUT2D eigenvalue weighted by atomic mass is 16.4. The van der Waals surface area contributed by atoms with Crippen molar-refractivity contribution in [3.63, 3.8) is 0 Å². The van der Waals surface area contributed by atoms with Crippen LogP contribution in [0.5, 0.6) is 0 Å². The summed E-state index contributed by atoms with van der Waals surface area (Å²) in [5.74, 6) is -1.21.